The Morgan fingerprint density at radius 1 is 1.05 bits per heavy atom. The number of nitrogens with zero attached hydrogens (tertiary/aromatic N) is 2. The minimum Gasteiger partial charge on any atom is -0.544 e. The summed E-state index contributed by atoms with van der Waals surface area (Å²) in [5.74, 6) is 0.0558. The Morgan fingerprint density at radius 3 is 2.35 bits per heavy atom. The first-order valence-corrected chi connectivity index (χ1v) is 13.3. The molecule has 0 saturated heterocycles. The molecule has 0 atom stereocenters. The maximum absolute atomic E-state index is 13.5. The summed E-state index contributed by atoms with van der Waals surface area (Å²) in [6.45, 7) is 6.08. The third-order valence-corrected chi connectivity index (χ3v) is 8.20. The topological polar surface area (TPSA) is 86.5 Å². The van der Waals surface area contributed by atoms with E-state index >= 15 is 0 Å². The van der Waals surface area contributed by atoms with Gasteiger partial charge in [0.2, 0.25) is 5.91 Å². The molecule has 6 nitrogen and oxygen atoms in total. The molecule has 1 amide bonds. The maximum Gasteiger partial charge on any atom is 1.00 e. The van der Waals surface area contributed by atoms with Crippen LogP contribution in [0.1, 0.15) is 56.1 Å². The van der Waals surface area contributed by atoms with Crippen LogP contribution >= 0.6 is 11.3 Å². The van der Waals surface area contributed by atoms with Gasteiger partial charge in [0.1, 0.15) is 11.3 Å². The number of amides is 1. The Bertz CT molecular complexity index is 1370. The molecule has 1 fully saturated rings. The largest absolute Gasteiger partial charge is 1.00 e. The Hall–Kier alpha value is -2.45. The van der Waals surface area contributed by atoms with Gasteiger partial charge in [0.15, 0.2) is 0 Å². The maximum atomic E-state index is 13.5. The van der Waals surface area contributed by atoms with Crippen molar-refractivity contribution in [2.45, 2.75) is 52.5 Å². The number of hydrogen-bond acceptors (Lipinski definition) is 6. The molecule has 186 valence electrons. The number of rotatable bonds is 6. The first-order chi connectivity index (χ1) is 17.3. The number of aromatic carboxylic acids is 1. The molecule has 4 aromatic rings. The molecule has 0 aliphatic heterocycles. The van der Waals surface area contributed by atoms with Gasteiger partial charge in [-0.05, 0) is 69.2 Å². The van der Waals surface area contributed by atoms with Gasteiger partial charge in [-0.25, -0.2) is 0 Å². The van der Waals surface area contributed by atoms with Crippen molar-refractivity contribution < 1.29 is 48.7 Å². The fourth-order valence-electron chi connectivity index (χ4n) is 5.03. The van der Waals surface area contributed by atoms with Crippen LogP contribution in [0.15, 0.2) is 59.3 Å². The molecule has 5 rings (SSSR count). The number of furan rings is 1. The Balaban J connectivity index is 0.00000320. The molecule has 3 aromatic heterocycles. The van der Waals surface area contributed by atoms with Crippen LogP contribution in [0, 0.1) is 11.8 Å². The van der Waals surface area contributed by atoms with Gasteiger partial charge in [-0.3, -0.25) is 9.78 Å². The van der Waals surface area contributed by atoms with Crippen molar-refractivity contribution in [2.24, 2.45) is 11.8 Å². The number of hydrogen-bond donors (Lipinski definition) is 0. The van der Waals surface area contributed by atoms with Crippen LogP contribution in [-0.2, 0) is 4.79 Å². The minimum atomic E-state index is -1.26. The standard InChI is InChI=1S/C29H30N2O4S.Na/c1-17(2)31(28(32)21-6-4-18(3)5-7-21)23-15-26(36-27(23)29(33)34)20-10-8-19(9-11-20)25-14-22-16-30-13-12-24(22)35-25;/h8-18,21H,4-7H2,1-3H3,(H,33,34);/q;+1/p-1. The van der Waals surface area contributed by atoms with Crippen LogP contribution in [0.5, 0.6) is 0 Å². The van der Waals surface area contributed by atoms with Crippen molar-refractivity contribution in [3.05, 3.63) is 59.7 Å². The van der Waals surface area contributed by atoms with Crippen molar-refractivity contribution >= 4 is 39.9 Å². The van der Waals surface area contributed by atoms with Crippen LogP contribution in [0.25, 0.3) is 32.7 Å². The van der Waals surface area contributed by atoms with Crippen LogP contribution in [0.3, 0.4) is 0 Å². The van der Waals surface area contributed by atoms with Crippen molar-refractivity contribution in [1.82, 2.24) is 4.98 Å². The molecule has 0 N–H and O–H groups in total. The number of carbonyl (C=O) groups is 2. The zero-order chi connectivity index (χ0) is 25.4. The summed E-state index contributed by atoms with van der Waals surface area (Å²) in [6, 6.07) is 13.2. The first-order valence-electron chi connectivity index (χ1n) is 12.4. The number of carbonyl (C=O) groups excluding carboxylic acids is 2. The quantitative estimate of drug-likeness (QED) is 0.362. The number of pyridine rings is 1. The molecule has 0 unspecified atom stereocenters. The third kappa shape index (κ3) is 5.70. The molecule has 0 spiro atoms. The molecule has 1 aliphatic rings. The minimum absolute atomic E-state index is 0. The fraction of sp³-hybridized carbons (Fsp3) is 0.345. The number of benzene rings is 1. The number of carboxylic acids is 1. The summed E-state index contributed by atoms with van der Waals surface area (Å²) in [6.07, 6.45) is 7.21. The van der Waals surface area contributed by atoms with E-state index in [1.165, 1.54) is 0 Å². The third-order valence-electron chi connectivity index (χ3n) is 7.05. The van der Waals surface area contributed by atoms with Gasteiger partial charge >= 0.3 is 29.6 Å². The fourth-order valence-corrected chi connectivity index (χ4v) is 6.02. The van der Waals surface area contributed by atoms with E-state index in [4.69, 9.17) is 4.42 Å². The normalized spacial score (nSPS) is 17.5. The van der Waals surface area contributed by atoms with E-state index in [0.29, 0.717) is 11.6 Å². The average Bonchev–Trinajstić information content (AvgIpc) is 3.49. The van der Waals surface area contributed by atoms with Gasteiger partial charge in [-0.2, -0.15) is 0 Å². The summed E-state index contributed by atoms with van der Waals surface area (Å²) in [4.78, 5) is 32.3. The Labute approximate surface area is 243 Å². The molecule has 3 heterocycles. The molecular formula is C29H29N2NaO4S. The van der Waals surface area contributed by atoms with E-state index in [1.54, 1.807) is 17.3 Å². The van der Waals surface area contributed by atoms with E-state index in [1.807, 2.05) is 56.3 Å². The van der Waals surface area contributed by atoms with E-state index in [2.05, 4.69) is 11.9 Å². The van der Waals surface area contributed by atoms with Crippen molar-refractivity contribution in [2.75, 3.05) is 4.90 Å². The molecular weight excluding hydrogens is 495 g/mol. The predicted octanol–water partition coefficient (Wildman–Crippen LogP) is 3.16. The SMILES string of the molecule is CC1CCC(C(=O)N(c2cc(-c3ccc(-c4cc5cnccc5o4)cc3)sc2C(=O)[O-])C(C)C)CC1.[Na+]. The average molecular weight is 525 g/mol. The number of fused-ring (bicyclic) bond motifs is 1. The van der Waals surface area contributed by atoms with E-state index in [9.17, 15) is 14.7 Å². The van der Waals surface area contributed by atoms with Gasteiger partial charge in [0.25, 0.3) is 0 Å². The van der Waals surface area contributed by atoms with E-state index < -0.39 is 5.97 Å². The smallest absolute Gasteiger partial charge is 0.544 e. The summed E-state index contributed by atoms with van der Waals surface area (Å²) in [7, 11) is 0. The van der Waals surface area contributed by atoms with Crippen molar-refractivity contribution in [3.8, 4) is 21.8 Å². The van der Waals surface area contributed by atoms with Gasteiger partial charge in [0, 0.05) is 40.2 Å². The molecule has 1 aliphatic carbocycles. The zero-order valence-electron chi connectivity index (χ0n) is 21.7. The van der Waals surface area contributed by atoms with Gasteiger partial charge in [-0.15, -0.1) is 11.3 Å². The Kier molecular flexibility index (Phi) is 8.59. The second-order valence-corrected chi connectivity index (χ2v) is 11.0. The molecule has 37 heavy (non-hydrogen) atoms. The molecule has 1 aromatic carbocycles. The van der Waals surface area contributed by atoms with Crippen LogP contribution in [0.4, 0.5) is 5.69 Å². The number of thiophene rings is 1. The zero-order valence-corrected chi connectivity index (χ0v) is 24.5. The Morgan fingerprint density at radius 2 is 1.73 bits per heavy atom. The summed E-state index contributed by atoms with van der Waals surface area (Å²) in [5, 5.41) is 13.0. The molecule has 8 heteroatoms. The molecule has 0 radical (unpaired) electrons. The van der Waals surface area contributed by atoms with Crippen molar-refractivity contribution in [3.63, 3.8) is 0 Å². The monoisotopic (exact) mass is 524 g/mol. The van der Waals surface area contributed by atoms with E-state index in [-0.39, 0.29) is 52.3 Å². The van der Waals surface area contributed by atoms with E-state index in [0.717, 1.165) is 69.8 Å². The van der Waals surface area contributed by atoms with Gasteiger partial charge in [0.05, 0.1) is 16.5 Å². The summed E-state index contributed by atoms with van der Waals surface area (Å²) in [5.41, 5.74) is 2.99. The van der Waals surface area contributed by atoms with Gasteiger partial charge in [-0.1, -0.05) is 31.2 Å². The van der Waals surface area contributed by atoms with Crippen LogP contribution in [0.2, 0.25) is 0 Å². The van der Waals surface area contributed by atoms with Crippen LogP contribution in [-0.4, -0.2) is 22.9 Å². The predicted molar refractivity (Wildman–Crippen MR) is 141 cm³/mol. The second-order valence-electron chi connectivity index (χ2n) is 9.97. The molecule has 0 bridgehead atoms. The van der Waals surface area contributed by atoms with Crippen LogP contribution < -0.4 is 39.6 Å². The van der Waals surface area contributed by atoms with Gasteiger partial charge < -0.3 is 19.2 Å². The molecule has 1 saturated carbocycles. The summed E-state index contributed by atoms with van der Waals surface area (Å²) < 4.78 is 5.94. The summed E-state index contributed by atoms with van der Waals surface area (Å²) >= 11 is 1.15. The first kappa shape index (κ1) is 27.6. The number of carboxylic acid groups (broad SMARTS) is 1. The van der Waals surface area contributed by atoms with Crippen molar-refractivity contribution in [1.29, 1.82) is 0 Å². The number of anilines is 1. The second kappa shape index (κ2) is 11.5. The number of aromatic nitrogens is 1.